The van der Waals surface area contributed by atoms with Gasteiger partial charge in [-0.15, -0.1) is 11.3 Å². The Morgan fingerprint density at radius 3 is 2.76 bits per heavy atom. The quantitative estimate of drug-likeness (QED) is 0.814. The minimum absolute atomic E-state index is 0.0249. The number of carbonyl (C=O) groups is 1. The van der Waals surface area contributed by atoms with Crippen LogP contribution in [0.5, 0.6) is 0 Å². The van der Waals surface area contributed by atoms with E-state index in [4.69, 9.17) is 0 Å². The van der Waals surface area contributed by atoms with E-state index in [9.17, 15) is 13.2 Å². The molecule has 2 rings (SSSR count). The molecule has 0 spiro atoms. The van der Waals surface area contributed by atoms with E-state index >= 15 is 0 Å². The lowest BCUT2D eigenvalue weighted by molar-refractivity contribution is -0.128. The van der Waals surface area contributed by atoms with Crippen LogP contribution in [0.3, 0.4) is 0 Å². The van der Waals surface area contributed by atoms with Crippen LogP contribution in [0.4, 0.5) is 0 Å². The molecule has 1 aliphatic heterocycles. The molecule has 21 heavy (non-hydrogen) atoms. The zero-order valence-electron chi connectivity index (χ0n) is 12.3. The molecule has 0 unspecified atom stereocenters. The molecule has 1 aromatic rings. The first-order chi connectivity index (χ1) is 10.00. The fourth-order valence-corrected chi connectivity index (χ4v) is 3.89. The van der Waals surface area contributed by atoms with E-state index in [1.165, 1.54) is 4.88 Å². The molecule has 0 saturated carbocycles. The van der Waals surface area contributed by atoms with E-state index in [-0.39, 0.29) is 17.4 Å². The standard InChI is InChI=1S/C14H22N2O3S2/c1-2-21(18,19)12-14(17)16-7-4-6-15(8-9-16)11-13-5-3-10-20-13/h3,5,10H,2,4,6-9,11-12H2,1H3. The number of carbonyl (C=O) groups excluding carboxylic acids is 1. The third kappa shape index (κ3) is 5.09. The highest BCUT2D eigenvalue weighted by atomic mass is 32.2. The minimum atomic E-state index is -3.24. The number of sulfone groups is 1. The van der Waals surface area contributed by atoms with Crippen molar-refractivity contribution in [2.45, 2.75) is 19.9 Å². The summed E-state index contributed by atoms with van der Waals surface area (Å²) >= 11 is 1.74. The summed E-state index contributed by atoms with van der Waals surface area (Å²) in [6, 6.07) is 4.16. The van der Waals surface area contributed by atoms with Gasteiger partial charge in [0, 0.05) is 43.4 Å². The number of nitrogens with zero attached hydrogens (tertiary/aromatic N) is 2. The van der Waals surface area contributed by atoms with Gasteiger partial charge in [-0.25, -0.2) is 8.42 Å². The highest BCUT2D eigenvalue weighted by Gasteiger charge is 2.23. The molecule has 1 aromatic heterocycles. The largest absolute Gasteiger partial charge is 0.340 e. The summed E-state index contributed by atoms with van der Waals surface area (Å²) in [5.74, 6) is -0.583. The highest BCUT2D eigenvalue weighted by Crippen LogP contribution is 2.14. The van der Waals surface area contributed by atoms with Crippen molar-refractivity contribution in [3.8, 4) is 0 Å². The summed E-state index contributed by atoms with van der Waals surface area (Å²) in [5, 5.41) is 2.07. The van der Waals surface area contributed by atoms with Crippen LogP contribution in [-0.4, -0.2) is 61.8 Å². The fraction of sp³-hybridized carbons (Fsp3) is 0.643. The molecule has 2 heterocycles. The summed E-state index contributed by atoms with van der Waals surface area (Å²) in [6.45, 7) is 5.50. The number of hydrogen-bond acceptors (Lipinski definition) is 5. The summed E-state index contributed by atoms with van der Waals surface area (Å²) in [7, 11) is -3.24. The Bertz CT molecular complexity index is 555. The number of amides is 1. The third-order valence-corrected chi connectivity index (χ3v) is 6.11. The van der Waals surface area contributed by atoms with Crippen LogP contribution in [0.2, 0.25) is 0 Å². The van der Waals surface area contributed by atoms with Crippen LogP contribution >= 0.6 is 11.3 Å². The second-order valence-electron chi connectivity index (χ2n) is 5.27. The predicted octanol–water partition coefficient (Wildman–Crippen LogP) is 1.22. The molecule has 0 radical (unpaired) electrons. The van der Waals surface area contributed by atoms with E-state index in [1.54, 1.807) is 23.2 Å². The van der Waals surface area contributed by atoms with Crippen LogP contribution in [0.15, 0.2) is 17.5 Å². The Morgan fingerprint density at radius 1 is 1.29 bits per heavy atom. The lowest BCUT2D eigenvalue weighted by Crippen LogP contribution is -2.38. The molecule has 0 aliphatic carbocycles. The van der Waals surface area contributed by atoms with Crippen molar-refractivity contribution in [2.24, 2.45) is 0 Å². The van der Waals surface area contributed by atoms with E-state index in [2.05, 4.69) is 16.3 Å². The van der Waals surface area contributed by atoms with Crippen LogP contribution in [0, 0.1) is 0 Å². The van der Waals surface area contributed by atoms with E-state index < -0.39 is 9.84 Å². The smallest absolute Gasteiger partial charge is 0.237 e. The molecule has 1 fully saturated rings. The maximum atomic E-state index is 12.1. The highest BCUT2D eigenvalue weighted by molar-refractivity contribution is 7.92. The average Bonchev–Trinajstić information content (AvgIpc) is 2.83. The zero-order valence-corrected chi connectivity index (χ0v) is 14.0. The summed E-state index contributed by atoms with van der Waals surface area (Å²) in [5.41, 5.74) is 0. The van der Waals surface area contributed by atoms with Crippen molar-refractivity contribution in [1.29, 1.82) is 0 Å². The van der Waals surface area contributed by atoms with Gasteiger partial charge in [-0.1, -0.05) is 13.0 Å². The normalized spacial score (nSPS) is 17.7. The topological polar surface area (TPSA) is 57.7 Å². The maximum absolute atomic E-state index is 12.1. The molecular weight excluding hydrogens is 308 g/mol. The van der Waals surface area contributed by atoms with Crippen molar-refractivity contribution in [1.82, 2.24) is 9.80 Å². The maximum Gasteiger partial charge on any atom is 0.237 e. The Morgan fingerprint density at radius 2 is 2.10 bits per heavy atom. The van der Waals surface area contributed by atoms with Gasteiger partial charge in [-0.05, 0) is 17.9 Å². The summed E-state index contributed by atoms with van der Waals surface area (Å²) < 4.78 is 23.1. The molecule has 1 amide bonds. The Balaban J connectivity index is 1.87. The number of hydrogen-bond donors (Lipinski definition) is 0. The van der Waals surface area contributed by atoms with Gasteiger partial charge in [0.25, 0.3) is 0 Å². The lowest BCUT2D eigenvalue weighted by Gasteiger charge is -2.21. The molecule has 0 N–H and O–H groups in total. The number of rotatable bonds is 5. The average molecular weight is 330 g/mol. The second kappa shape index (κ2) is 7.38. The fourth-order valence-electron chi connectivity index (χ4n) is 2.38. The van der Waals surface area contributed by atoms with Gasteiger partial charge in [-0.2, -0.15) is 0 Å². The van der Waals surface area contributed by atoms with Crippen molar-refractivity contribution in [2.75, 3.05) is 37.7 Å². The van der Waals surface area contributed by atoms with Crippen molar-refractivity contribution in [3.05, 3.63) is 22.4 Å². The predicted molar refractivity (Wildman–Crippen MR) is 85.1 cm³/mol. The van der Waals surface area contributed by atoms with E-state index in [1.807, 2.05) is 6.07 Å². The summed E-state index contributed by atoms with van der Waals surface area (Å²) in [4.78, 5) is 17.4. The van der Waals surface area contributed by atoms with Gasteiger partial charge in [0.2, 0.25) is 5.91 Å². The van der Waals surface area contributed by atoms with Crippen LogP contribution in [0.1, 0.15) is 18.2 Å². The van der Waals surface area contributed by atoms with Gasteiger partial charge in [0.1, 0.15) is 5.75 Å². The van der Waals surface area contributed by atoms with E-state index in [0.717, 1.165) is 26.1 Å². The second-order valence-corrected chi connectivity index (χ2v) is 8.65. The van der Waals surface area contributed by atoms with Crippen LogP contribution in [0.25, 0.3) is 0 Å². The van der Waals surface area contributed by atoms with Gasteiger partial charge < -0.3 is 4.90 Å². The molecule has 1 aliphatic rings. The first kappa shape index (κ1) is 16.5. The van der Waals surface area contributed by atoms with E-state index in [0.29, 0.717) is 13.1 Å². The lowest BCUT2D eigenvalue weighted by atomic mass is 10.3. The first-order valence-corrected chi connectivity index (χ1v) is 9.93. The molecular formula is C14H22N2O3S2. The monoisotopic (exact) mass is 330 g/mol. The molecule has 0 atom stereocenters. The molecule has 0 aromatic carbocycles. The van der Waals surface area contributed by atoms with Gasteiger partial charge in [0.05, 0.1) is 0 Å². The van der Waals surface area contributed by atoms with Gasteiger partial charge >= 0.3 is 0 Å². The van der Waals surface area contributed by atoms with Crippen LogP contribution < -0.4 is 0 Å². The minimum Gasteiger partial charge on any atom is -0.340 e. The van der Waals surface area contributed by atoms with Crippen molar-refractivity contribution >= 4 is 27.1 Å². The first-order valence-electron chi connectivity index (χ1n) is 7.23. The molecule has 118 valence electrons. The molecule has 5 nitrogen and oxygen atoms in total. The van der Waals surface area contributed by atoms with Crippen molar-refractivity contribution < 1.29 is 13.2 Å². The molecule has 1 saturated heterocycles. The molecule has 0 bridgehead atoms. The van der Waals surface area contributed by atoms with Gasteiger partial charge in [0.15, 0.2) is 9.84 Å². The Labute approximate surface area is 130 Å². The number of thiophene rings is 1. The van der Waals surface area contributed by atoms with Crippen molar-refractivity contribution in [3.63, 3.8) is 0 Å². The summed E-state index contributed by atoms with van der Waals surface area (Å²) in [6.07, 6.45) is 0.892. The third-order valence-electron chi connectivity index (χ3n) is 3.68. The van der Waals surface area contributed by atoms with Crippen LogP contribution in [-0.2, 0) is 21.2 Å². The SMILES string of the molecule is CCS(=O)(=O)CC(=O)N1CCCN(Cc2cccs2)CC1. The van der Waals surface area contributed by atoms with Gasteiger partial charge in [-0.3, -0.25) is 9.69 Å². The zero-order chi connectivity index (χ0) is 15.3. The molecule has 7 heteroatoms. The Kier molecular flexibility index (Phi) is 5.78. The Hall–Kier alpha value is -0.920.